The molecule has 94 valence electrons. The van der Waals surface area contributed by atoms with Gasteiger partial charge in [0, 0.05) is 19.6 Å². The third kappa shape index (κ3) is 3.49. The van der Waals surface area contributed by atoms with E-state index in [0.29, 0.717) is 13.0 Å². The maximum absolute atomic E-state index is 13.4. The van der Waals surface area contributed by atoms with Crippen molar-refractivity contribution in [3.8, 4) is 0 Å². The Morgan fingerprint density at radius 2 is 2.12 bits per heavy atom. The first-order valence-corrected chi connectivity index (χ1v) is 5.38. The van der Waals surface area contributed by atoms with E-state index in [0.717, 1.165) is 6.07 Å². The number of nitrogens with two attached hydrogens (primary N) is 1. The van der Waals surface area contributed by atoms with Crippen LogP contribution in [0, 0.1) is 11.6 Å². The van der Waals surface area contributed by atoms with Crippen LogP contribution >= 0.6 is 0 Å². The fourth-order valence-electron chi connectivity index (χ4n) is 1.37. The third-order valence-electron chi connectivity index (χ3n) is 2.45. The predicted molar refractivity (Wildman–Crippen MR) is 61.6 cm³/mol. The normalized spacial score (nSPS) is 12.3. The Morgan fingerprint density at radius 1 is 1.47 bits per heavy atom. The molecule has 0 bridgehead atoms. The second-order valence-electron chi connectivity index (χ2n) is 4.09. The lowest BCUT2D eigenvalue weighted by molar-refractivity contribution is 0.0786. The number of amides is 1. The predicted octanol–water partition coefficient (Wildman–Crippen LogP) is 1.77. The molecule has 0 fully saturated rings. The first-order chi connectivity index (χ1) is 7.93. The van der Waals surface area contributed by atoms with Gasteiger partial charge < -0.3 is 10.6 Å². The molecular weight excluding hydrogens is 226 g/mol. The Hall–Kier alpha value is -1.49. The molecule has 1 aromatic carbocycles. The Kier molecular flexibility index (Phi) is 4.57. The number of carbonyl (C=O) groups excluding carboxylic acids is 1. The lowest BCUT2D eigenvalue weighted by Crippen LogP contribution is -2.31. The van der Waals surface area contributed by atoms with Crippen LogP contribution in [0.2, 0.25) is 0 Å². The number of nitrogens with zero attached hydrogens (tertiary/aromatic N) is 1. The van der Waals surface area contributed by atoms with Gasteiger partial charge in [-0.3, -0.25) is 4.79 Å². The van der Waals surface area contributed by atoms with E-state index in [1.807, 2.05) is 6.92 Å². The number of hydrogen-bond donors (Lipinski definition) is 1. The van der Waals surface area contributed by atoms with Gasteiger partial charge in [0.15, 0.2) is 11.6 Å². The van der Waals surface area contributed by atoms with E-state index in [2.05, 4.69) is 0 Å². The standard InChI is InChI=1S/C12H16F2N2O/c1-8(15)6-7-16(2)12(17)9-4-3-5-10(13)11(9)14/h3-5,8H,6-7,15H2,1-2H3. The molecule has 1 aromatic rings. The van der Waals surface area contributed by atoms with Crippen LogP contribution in [0.5, 0.6) is 0 Å². The lowest BCUT2D eigenvalue weighted by atomic mass is 10.1. The smallest absolute Gasteiger partial charge is 0.256 e. The molecule has 3 nitrogen and oxygen atoms in total. The van der Waals surface area contributed by atoms with E-state index in [-0.39, 0.29) is 11.6 Å². The van der Waals surface area contributed by atoms with Crippen molar-refractivity contribution in [2.75, 3.05) is 13.6 Å². The van der Waals surface area contributed by atoms with Crippen LogP contribution < -0.4 is 5.73 Å². The van der Waals surface area contributed by atoms with Crippen molar-refractivity contribution in [3.63, 3.8) is 0 Å². The third-order valence-corrected chi connectivity index (χ3v) is 2.45. The maximum Gasteiger partial charge on any atom is 0.256 e. The van der Waals surface area contributed by atoms with Gasteiger partial charge in [0.25, 0.3) is 5.91 Å². The van der Waals surface area contributed by atoms with Crippen molar-refractivity contribution < 1.29 is 13.6 Å². The van der Waals surface area contributed by atoms with Crippen molar-refractivity contribution >= 4 is 5.91 Å². The Balaban J connectivity index is 2.78. The van der Waals surface area contributed by atoms with Crippen molar-refractivity contribution in [2.45, 2.75) is 19.4 Å². The summed E-state index contributed by atoms with van der Waals surface area (Å²) in [6.07, 6.45) is 0.610. The molecule has 5 heteroatoms. The van der Waals surface area contributed by atoms with Gasteiger partial charge in [-0.15, -0.1) is 0 Å². The summed E-state index contributed by atoms with van der Waals surface area (Å²) in [4.78, 5) is 13.1. The monoisotopic (exact) mass is 242 g/mol. The molecule has 1 amide bonds. The largest absolute Gasteiger partial charge is 0.342 e. The van der Waals surface area contributed by atoms with Crippen molar-refractivity contribution in [2.24, 2.45) is 5.73 Å². The van der Waals surface area contributed by atoms with E-state index >= 15 is 0 Å². The first kappa shape index (κ1) is 13.6. The molecule has 17 heavy (non-hydrogen) atoms. The molecule has 1 rings (SSSR count). The lowest BCUT2D eigenvalue weighted by Gasteiger charge is -2.18. The van der Waals surface area contributed by atoms with Gasteiger partial charge in [0.05, 0.1) is 5.56 Å². The van der Waals surface area contributed by atoms with Crippen LogP contribution in [0.4, 0.5) is 8.78 Å². The number of carbonyl (C=O) groups is 1. The summed E-state index contributed by atoms with van der Waals surface area (Å²) < 4.78 is 26.3. The molecule has 1 atom stereocenters. The summed E-state index contributed by atoms with van der Waals surface area (Å²) >= 11 is 0. The summed E-state index contributed by atoms with van der Waals surface area (Å²) in [7, 11) is 1.54. The van der Waals surface area contributed by atoms with Gasteiger partial charge in [-0.1, -0.05) is 6.07 Å². The highest BCUT2D eigenvalue weighted by Gasteiger charge is 2.18. The Labute approximate surface area is 99.2 Å². The molecule has 1 unspecified atom stereocenters. The highest BCUT2D eigenvalue weighted by atomic mass is 19.2. The molecule has 0 aliphatic rings. The first-order valence-electron chi connectivity index (χ1n) is 5.38. The van der Waals surface area contributed by atoms with Crippen LogP contribution in [0.1, 0.15) is 23.7 Å². The summed E-state index contributed by atoms with van der Waals surface area (Å²) in [6.45, 7) is 2.23. The zero-order valence-corrected chi connectivity index (χ0v) is 9.91. The van der Waals surface area contributed by atoms with Gasteiger partial charge in [-0.25, -0.2) is 8.78 Å². The Bertz CT molecular complexity index is 407. The van der Waals surface area contributed by atoms with Gasteiger partial charge in [-0.2, -0.15) is 0 Å². The maximum atomic E-state index is 13.4. The van der Waals surface area contributed by atoms with E-state index in [1.165, 1.54) is 24.1 Å². The molecule has 0 spiro atoms. The van der Waals surface area contributed by atoms with E-state index in [1.54, 1.807) is 0 Å². The van der Waals surface area contributed by atoms with Crippen LogP contribution in [-0.2, 0) is 0 Å². The summed E-state index contributed by atoms with van der Waals surface area (Å²) in [5.41, 5.74) is 5.31. The summed E-state index contributed by atoms with van der Waals surface area (Å²) in [6, 6.07) is 3.52. The molecule has 0 aromatic heterocycles. The van der Waals surface area contributed by atoms with E-state index in [9.17, 15) is 13.6 Å². The quantitative estimate of drug-likeness (QED) is 0.874. The molecular formula is C12H16F2N2O. The van der Waals surface area contributed by atoms with Gasteiger partial charge in [-0.05, 0) is 25.5 Å². The van der Waals surface area contributed by atoms with E-state index in [4.69, 9.17) is 5.73 Å². The van der Waals surface area contributed by atoms with Crippen LogP contribution in [0.25, 0.3) is 0 Å². The Morgan fingerprint density at radius 3 is 2.71 bits per heavy atom. The van der Waals surface area contributed by atoms with Crippen LogP contribution in [0.15, 0.2) is 18.2 Å². The average Bonchev–Trinajstić information content (AvgIpc) is 2.28. The number of benzene rings is 1. The second kappa shape index (κ2) is 5.72. The summed E-state index contributed by atoms with van der Waals surface area (Å²) in [5, 5.41) is 0. The molecule has 0 radical (unpaired) electrons. The highest BCUT2D eigenvalue weighted by molar-refractivity contribution is 5.94. The minimum atomic E-state index is -1.11. The molecule has 0 aliphatic heterocycles. The van der Waals surface area contributed by atoms with E-state index < -0.39 is 17.5 Å². The topological polar surface area (TPSA) is 46.3 Å². The number of hydrogen-bond acceptors (Lipinski definition) is 2. The zero-order chi connectivity index (χ0) is 13.0. The fourth-order valence-corrected chi connectivity index (χ4v) is 1.37. The molecule has 0 saturated carbocycles. The van der Waals surface area contributed by atoms with Gasteiger partial charge in [0.1, 0.15) is 0 Å². The number of rotatable bonds is 4. The van der Waals surface area contributed by atoms with Crippen molar-refractivity contribution in [3.05, 3.63) is 35.4 Å². The number of halogens is 2. The van der Waals surface area contributed by atoms with Crippen LogP contribution in [0.3, 0.4) is 0 Å². The van der Waals surface area contributed by atoms with Crippen molar-refractivity contribution in [1.82, 2.24) is 4.90 Å². The molecule has 0 aliphatic carbocycles. The highest BCUT2D eigenvalue weighted by Crippen LogP contribution is 2.13. The molecule has 2 N–H and O–H groups in total. The van der Waals surface area contributed by atoms with Gasteiger partial charge in [0.2, 0.25) is 0 Å². The minimum Gasteiger partial charge on any atom is -0.342 e. The van der Waals surface area contributed by atoms with Gasteiger partial charge >= 0.3 is 0 Å². The second-order valence-corrected chi connectivity index (χ2v) is 4.09. The van der Waals surface area contributed by atoms with Crippen LogP contribution in [-0.4, -0.2) is 30.4 Å². The van der Waals surface area contributed by atoms with Crippen molar-refractivity contribution in [1.29, 1.82) is 0 Å². The summed E-state index contributed by atoms with van der Waals surface area (Å²) in [5.74, 6) is -2.66. The molecule has 0 heterocycles. The zero-order valence-electron chi connectivity index (χ0n) is 9.91. The fraction of sp³-hybridized carbons (Fsp3) is 0.417. The average molecular weight is 242 g/mol. The SMILES string of the molecule is CC(N)CCN(C)C(=O)c1cccc(F)c1F. The minimum absolute atomic E-state index is 0.0393. The molecule has 0 saturated heterocycles.